The van der Waals surface area contributed by atoms with Crippen LogP contribution in [-0.4, -0.2) is 36.8 Å². The second-order valence-electron chi connectivity index (χ2n) is 6.21. The van der Waals surface area contributed by atoms with Gasteiger partial charge in [0.2, 0.25) is 0 Å². The molecule has 3 heterocycles. The summed E-state index contributed by atoms with van der Waals surface area (Å²) >= 11 is 0. The number of fused-ring (bicyclic) bond motifs is 1. The molecule has 1 aromatic heterocycles. The number of amides is 1. The molecular formula is C18H18FN3O3. The number of morpholine rings is 1. The molecule has 6 nitrogen and oxygen atoms in total. The molecule has 1 fully saturated rings. The summed E-state index contributed by atoms with van der Waals surface area (Å²) < 4.78 is 25.4. The van der Waals surface area contributed by atoms with Crippen LogP contribution in [0.1, 0.15) is 18.5 Å². The number of anilines is 2. The molecular weight excluding hydrogens is 325 g/mol. The molecule has 1 aromatic carbocycles. The fourth-order valence-electron chi connectivity index (χ4n) is 3.19. The quantitative estimate of drug-likeness (QED) is 0.908. The summed E-state index contributed by atoms with van der Waals surface area (Å²) in [6.45, 7) is 2.89. The second kappa shape index (κ2) is 6.33. The van der Waals surface area contributed by atoms with E-state index in [-0.39, 0.29) is 30.5 Å². The Morgan fingerprint density at radius 2 is 2.20 bits per heavy atom. The SMILES string of the molecule is CC1CN(c2cc3c(cn2)OCC(=O)N3)C(c2ccccc2F)CO1. The van der Waals surface area contributed by atoms with Gasteiger partial charge >= 0.3 is 0 Å². The molecule has 0 radical (unpaired) electrons. The summed E-state index contributed by atoms with van der Waals surface area (Å²) in [7, 11) is 0. The minimum absolute atomic E-state index is 0.00769. The molecule has 7 heteroatoms. The number of pyridine rings is 1. The predicted octanol–water partition coefficient (Wildman–Crippen LogP) is 2.52. The molecule has 130 valence electrons. The van der Waals surface area contributed by atoms with Crippen LogP contribution < -0.4 is 15.0 Å². The van der Waals surface area contributed by atoms with Crippen LogP contribution in [0.15, 0.2) is 36.5 Å². The van der Waals surface area contributed by atoms with Crippen LogP contribution >= 0.6 is 0 Å². The largest absolute Gasteiger partial charge is 0.480 e. The number of benzene rings is 1. The topological polar surface area (TPSA) is 63.7 Å². The van der Waals surface area contributed by atoms with Gasteiger partial charge in [-0.25, -0.2) is 9.37 Å². The van der Waals surface area contributed by atoms with Gasteiger partial charge in [-0.15, -0.1) is 0 Å². The molecule has 1 amide bonds. The highest BCUT2D eigenvalue weighted by atomic mass is 19.1. The molecule has 2 unspecified atom stereocenters. The number of carbonyl (C=O) groups excluding carboxylic acids is 1. The van der Waals surface area contributed by atoms with Crippen molar-refractivity contribution < 1.29 is 18.7 Å². The summed E-state index contributed by atoms with van der Waals surface area (Å²) in [6.07, 6.45) is 1.58. The van der Waals surface area contributed by atoms with Crippen molar-refractivity contribution in [1.82, 2.24) is 4.98 Å². The van der Waals surface area contributed by atoms with Crippen molar-refractivity contribution >= 4 is 17.4 Å². The Hall–Kier alpha value is -2.67. The highest BCUT2D eigenvalue weighted by molar-refractivity contribution is 5.95. The Labute approximate surface area is 144 Å². The average molecular weight is 343 g/mol. The monoisotopic (exact) mass is 343 g/mol. The average Bonchev–Trinajstić information content (AvgIpc) is 2.62. The number of rotatable bonds is 2. The lowest BCUT2D eigenvalue weighted by Gasteiger charge is -2.40. The molecule has 2 aliphatic heterocycles. The smallest absolute Gasteiger partial charge is 0.262 e. The maximum Gasteiger partial charge on any atom is 0.262 e. The first kappa shape index (κ1) is 15.8. The number of nitrogens with one attached hydrogen (secondary N) is 1. The van der Waals surface area contributed by atoms with Crippen LogP contribution in [0.2, 0.25) is 0 Å². The second-order valence-corrected chi connectivity index (χ2v) is 6.21. The van der Waals surface area contributed by atoms with Crippen molar-refractivity contribution in [3.05, 3.63) is 47.9 Å². The van der Waals surface area contributed by atoms with E-state index in [1.54, 1.807) is 24.4 Å². The van der Waals surface area contributed by atoms with Crippen LogP contribution in [-0.2, 0) is 9.53 Å². The Kier molecular flexibility index (Phi) is 4.01. The van der Waals surface area contributed by atoms with Crippen LogP contribution in [0, 0.1) is 5.82 Å². The van der Waals surface area contributed by atoms with E-state index >= 15 is 0 Å². The molecule has 4 rings (SSSR count). The Balaban J connectivity index is 1.71. The van der Waals surface area contributed by atoms with Gasteiger partial charge in [0.05, 0.1) is 30.6 Å². The molecule has 0 saturated carbocycles. The highest BCUT2D eigenvalue weighted by Gasteiger charge is 2.31. The van der Waals surface area contributed by atoms with Gasteiger partial charge in [0.25, 0.3) is 5.91 Å². The third kappa shape index (κ3) is 3.02. The number of halogens is 1. The first-order valence-corrected chi connectivity index (χ1v) is 8.17. The Morgan fingerprint density at radius 3 is 3.04 bits per heavy atom. The summed E-state index contributed by atoms with van der Waals surface area (Å²) in [5.41, 5.74) is 1.14. The van der Waals surface area contributed by atoms with Gasteiger partial charge in [0.15, 0.2) is 12.4 Å². The molecule has 2 aromatic rings. The normalized spacial score (nSPS) is 22.8. The number of nitrogens with zero attached hydrogens (tertiary/aromatic N) is 2. The van der Waals surface area contributed by atoms with E-state index < -0.39 is 0 Å². The molecule has 1 saturated heterocycles. The third-order valence-electron chi connectivity index (χ3n) is 4.41. The molecule has 0 bridgehead atoms. The van der Waals surface area contributed by atoms with E-state index in [4.69, 9.17) is 9.47 Å². The number of hydrogen-bond acceptors (Lipinski definition) is 5. The lowest BCUT2D eigenvalue weighted by Crippen LogP contribution is -2.44. The van der Waals surface area contributed by atoms with Gasteiger partial charge in [-0.2, -0.15) is 0 Å². The van der Waals surface area contributed by atoms with Crippen LogP contribution in [0.3, 0.4) is 0 Å². The molecule has 25 heavy (non-hydrogen) atoms. The van der Waals surface area contributed by atoms with E-state index in [0.29, 0.717) is 36.0 Å². The standard InChI is InChI=1S/C18H18FN3O3/c1-11-8-22(15(9-24-11)12-4-2-3-5-13(12)19)17-6-14-16(7-20-17)25-10-18(23)21-14/h2-7,11,15H,8-10H2,1H3,(H,21,23). The number of aromatic nitrogens is 1. The molecule has 0 spiro atoms. The minimum Gasteiger partial charge on any atom is -0.480 e. The summed E-state index contributed by atoms with van der Waals surface area (Å²) in [6, 6.07) is 8.15. The molecule has 1 N–H and O–H groups in total. The maximum absolute atomic E-state index is 14.3. The first-order chi connectivity index (χ1) is 12.1. The lowest BCUT2D eigenvalue weighted by molar-refractivity contribution is -0.118. The van der Waals surface area contributed by atoms with Gasteiger partial charge in [-0.3, -0.25) is 4.79 Å². The van der Waals surface area contributed by atoms with Crippen LogP contribution in [0.25, 0.3) is 0 Å². The number of hydrogen-bond donors (Lipinski definition) is 1. The van der Waals surface area contributed by atoms with Crippen LogP contribution in [0.5, 0.6) is 5.75 Å². The zero-order valence-electron chi connectivity index (χ0n) is 13.7. The van der Waals surface area contributed by atoms with E-state index in [1.807, 2.05) is 17.9 Å². The summed E-state index contributed by atoms with van der Waals surface area (Å²) in [5.74, 6) is 0.705. The zero-order chi connectivity index (χ0) is 17.4. The van der Waals surface area contributed by atoms with Gasteiger partial charge in [0.1, 0.15) is 11.6 Å². The number of carbonyl (C=O) groups is 1. The minimum atomic E-state index is -0.289. The van der Waals surface area contributed by atoms with Gasteiger partial charge in [-0.05, 0) is 13.0 Å². The van der Waals surface area contributed by atoms with Crippen molar-refractivity contribution in [1.29, 1.82) is 0 Å². The van der Waals surface area contributed by atoms with Crippen LogP contribution in [0.4, 0.5) is 15.9 Å². The first-order valence-electron chi connectivity index (χ1n) is 8.17. The van der Waals surface area contributed by atoms with E-state index in [1.165, 1.54) is 6.07 Å². The van der Waals surface area contributed by atoms with Crippen molar-refractivity contribution in [3.8, 4) is 5.75 Å². The summed E-state index contributed by atoms with van der Waals surface area (Å²) in [5, 5.41) is 2.78. The molecule has 2 atom stereocenters. The van der Waals surface area contributed by atoms with E-state index in [2.05, 4.69) is 10.3 Å². The van der Waals surface area contributed by atoms with E-state index in [0.717, 1.165) is 0 Å². The zero-order valence-corrected chi connectivity index (χ0v) is 13.7. The number of ether oxygens (including phenoxy) is 2. The van der Waals surface area contributed by atoms with Crippen molar-refractivity contribution in [3.63, 3.8) is 0 Å². The van der Waals surface area contributed by atoms with Crippen molar-refractivity contribution in [2.24, 2.45) is 0 Å². The summed E-state index contributed by atoms with van der Waals surface area (Å²) in [4.78, 5) is 18.0. The Bertz CT molecular complexity index is 814. The maximum atomic E-state index is 14.3. The predicted molar refractivity (Wildman–Crippen MR) is 90.3 cm³/mol. The third-order valence-corrected chi connectivity index (χ3v) is 4.41. The fraction of sp³-hybridized carbons (Fsp3) is 0.333. The lowest BCUT2D eigenvalue weighted by atomic mass is 10.0. The van der Waals surface area contributed by atoms with Gasteiger partial charge in [-0.1, -0.05) is 18.2 Å². The van der Waals surface area contributed by atoms with Gasteiger partial charge in [0, 0.05) is 18.2 Å². The van der Waals surface area contributed by atoms with Crippen molar-refractivity contribution in [2.45, 2.75) is 19.1 Å². The van der Waals surface area contributed by atoms with Gasteiger partial charge < -0.3 is 19.7 Å². The molecule has 2 aliphatic rings. The van der Waals surface area contributed by atoms with E-state index in [9.17, 15) is 9.18 Å². The highest BCUT2D eigenvalue weighted by Crippen LogP contribution is 2.35. The molecule has 0 aliphatic carbocycles. The fourth-order valence-corrected chi connectivity index (χ4v) is 3.19. The Morgan fingerprint density at radius 1 is 1.36 bits per heavy atom. The van der Waals surface area contributed by atoms with Crippen molar-refractivity contribution in [2.75, 3.05) is 30.0 Å².